The number of esters is 1. The molecule has 0 atom stereocenters. The van der Waals surface area contributed by atoms with Gasteiger partial charge in [0.2, 0.25) is 0 Å². The lowest BCUT2D eigenvalue weighted by Gasteiger charge is -2.09. The molecule has 0 heterocycles. The van der Waals surface area contributed by atoms with Gasteiger partial charge in [0.05, 0.1) is 5.69 Å². The molecule has 0 unspecified atom stereocenters. The summed E-state index contributed by atoms with van der Waals surface area (Å²) >= 11 is 0. The molecule has 0 aliphatic carbocycles. The van der Waals surface area contributed by atoms with E-state index in [1.807, 2.05) is 78.9 Å². The third kappa shape index (κ3) is 3.76. The van der Waals surface area contributed by atoms with E-state index in [2.05, 4.69) is 4.99 Å². The zero-order valence-corrected chi connectivity index (χ0v) is 13.3. The Labute approximate surface area is 140 Å². The molecule has 0 bridgehead atoms. The van der Waals surface area contributed by atoms with Crippen LogP contribution in [0.25, 0.3) is 16.8 Å². The molecule has 3 aromatic carbocycles. The molecule has 0 fully saturated rings. The van der Waals surface area contributed by atoms with Crippen molar-refractivity contribution in [2.75, 3.05) is 0 Å². The summed E-state index contributed by atoms with van der Waals surface area (Å²) in [5.41, 5.74) is 1.75. The van der Waals surface area contributed by atoms with Gasteiger partial charge in [-0.25, -0.2) is 0 Å². The normalized spacial score (nSPS) is 11.4. The number of aliphatic imine (C=N–C) groups is 1. The maximum absolute atomic E-state index is 11.3. The average Bonchev–Trinajstić information content (AvgIpc) is 2.60. The number of carbonyl (C=O) groups excluding carboxylic acids is 1. The van der Waals surface area contributed by atoms with E-state index in [-0.39, 0.29) is 5.97 Å². The largest absolute Gasteiger partial charge is 0.426 e. The Balaban J connectivity index is 1.95. The molecule has 0 radical (unpaired) electrons. The first-order valence-corrected chi connectivity index (χ1v) is 7.70. The Morgan fingerprint density at radius 1 is 0.958 bits per heavy atom. The number of allylic oxidation sites excluding steroid dienone is 1. The van der Waals surface area contributed by atoms with E-state index < -0.39 is 0 Å². The minimum atomic E-state index is -0.335. The monoisotopic (exact) mass is 315 g/mol. The summed E-state index contributed by atoms with van der Waals surface area (Å²) in [7, 11) is 0. The van der Waals surface area contributed by atoms with Crippen molar-refractivity contribution in [1.29, 1.82) is 0 Å². The van der Waals surface area contributed by atoms with Gasteiger partial charge in [-0.05, 0) is 41.1 Å². The second kappa shape index (κ2) is 7.38. The third-order valence-corrected chi connectivity index (χ3v) is 3.51. The number of hydrogen-bond donors (Lipinski definition) is 0. The van der Waals surface area contributed by atoms with Crippen LogP contribution in [0.3, 0.4) is 0 Å². The zero-order chi connectivity index (χ0) is 16.8. The van der Waals surface area contributed by atoms with E-state index in [1.54, 1.807) is 6.21 Å². The smallest absolute Gasteiger partial charge is 0.308 e. The van der Waals surface area contributed by atoms with E-state index in [0.29, 0.717) is 5.75 Å². The number of hydrogen-bond acceptors (Lipinski definition) is 3. The molecule has 0 aromatic heterocycles. The second-order valence-electron chi connectivity index (χ2n) is 5.26. The summed E-state index contributed by atoms with van der Waals surface area (Å²) in [6, 6.07) is 21.5. The van der Waals surface area contributed by atoms with E-state index >= 15 is 0 Å². The number of nitrogens with zero attached hydrogens (tertiary/aromatic N) is 1. The van der Waals surface area contributed by atoms with Gasteiger partial charge in [-0.1, -0.05) is 48.5 Å². The topological polar surface area (TPSA) is 38.7 Å². The Hall–Kier alpha value is -3.20. The van der Waals surface area contributed by atoms with Crippen molar-refractivity contribution in [3.63, 3.8) is 0 Å². The number of rotatable bonds is 4. The van der Waals surface area contributed by atoms with Gasteiger partial charge in [0.1, 0.15) is 5.75 Å². The summed E-state index contributed by atoms with van der Waals surface area (Å²) in [5, 5.41) is 2.12. The van der Waals surface area contributed by atoms with Crippen molar-refractivity contribution in [1.82, 2.24) is 0 Å². The SMILES string of the molecule is CC(=O)Oc1ccc2ccccc2c1/C=C/C=Nc1ccccc1. The average molecular weight is 315 g/mol. The van der Waals surface area contributed by atoms with Crippen molar-refractivity contribution in [3.8, 4) is 5.75 Å². The molecule has 0 saturated heterocycles. The van der Waals surface area contributed by atoms with Crippen molar-refractivity contribution in [2.24, 2.45) is 4.99 Å². The molecule has 0 aliphatic rings. The maximum atomic E-state index is 11.3. The van der Waals surface area contributed by atoms with Gasteiger partial charge in [-0.3, -0.25) is 9.79 Å². The minimum absolute atomic E-state index is 0.335. The lowest BCUT2D eigenvalue weighted by Crippen LogP contribution is -2.02. The summed E-state index contributed by atoms with van der Waals surface area (Å²) in [5.74, 6) is 0.212. The van der Waals surface area contributed by atoms with E-state index in [9.17, 15) is 4.79 Å². The van der Waals surface area contributed by atoms with Gasteiger partial charge in [-0.15, -0.1) is 0 Å². The van der Waals surface area contributed by atoms with Crippen LogP contribution in [-0.4, -0.2) is 12.2 Å². The molecule has 0 aliphatic heterocycles. The highest BCUT2D eigenvalue weighted by Crippen LogP contribution is 2.29. The van der Waals surface area contributed by atoms with Crippen LogP contribution >= 0.6 is 0 Å². The molecular weight excluding hydrogens is 298 g/mol. The highest BCUT2D eigenvalue weighted by Gasteiger charge is 2.07. The maximum Gasteiger partial charge on any atom is 0.308 e. The number of benzene rings is 3. The molecule has 3 aromatic rings. The van der Waals surface area contributed by atoms with Gasteiger partial charge in [0.15, 0.2) is 0 Å². The highest BCUT2D eigenvalue weighted by atomic mass is 16.5. The lowest BCUT2D eigenvalue weighted by molar-refractivity contribution is -0.131. The number of para-hydroxylation sites is 1. The fraction of sp³-hybridized carbons (Fsp3) is 0.0476. The Morgan fingerprint density at radius 2 is 1.71 bits per heavy atom. The van der Waals surface area contributed by atoms with Crippen molar-refractivity contribution in [2.45, 2.75) is 6.92 Å². The number of ether oxygens (including phenoxy) is 1. The zero-order valence-electron chi connectivity index (χ0n) is 13.3. The predicted molar refractivity (Wildman–Crippen MR) is 98.9 cm³/mol. The quantitative estimate of drug-likeness (QED) is 0.378. The Bertz CT molecular complexity index is 912. The molecule has 118 valence electrons. The van der Waals surface area contributed by atoms with Crippen LogP contribution in [0.15, 0.2) is 77.8 Å². The van der Waals surface area contributed by atoms with Gasteiger partial charge in [0, 0.05) is 18.7 Å². The van der Waals surface area contributed by atoms with Crippen molar-refractivity contribution >= 4 is 34.7 Å². The van der Waals surface area contributed by atoms with Crippen molar-refractivity contribution in [3.05, 3.63) is 78.4 Å². The molecule has 24 heavy (non-hydrogen) atoms. The summed E-state index contributed by atoms with van der Waals surface area (Å²) in [6.07, 6.45) is 5.49. The Morgan fingerprint density at radius 3 is 2.50 bits per heavy atom. The van der Waals surface area contributed by atoms with Gasteiger partial charge >= 0.3 is 5.97 Å². The lowest BCUT2D eigenvalue weighted by atomic mass is 10.0. The summed E-state index contributed by atoms with van der Waals surface area (Å²) in [6.45, 7) is 1.40. The minimum Gasteiger partial charge on any atom is -0.426 e. The van der Waals surface area contributed by atoms with Crippen molar-refractivity contribution < 1.29 is 9.53 Å². The molecule has 3 rings (SSSR count). The van der Waals surface area contributed by atoms with Crippen LogP contribution in [0, 0.1) is 0 Å². The first-order chi connectivity index (χ1) is 11.7. The van der Waals surface area contributed by atoms with Crippen LogP contribution in [0.4, 0.5) is 5.69 Å². The molecule has 3 heteroatoms. The van der Waals surface area contributed by atoms with Crippen LogP contribution in [0.1, 0.15) is 12.5 Å². The molecule has 0 saturated carbocycles. The first kappa shape index (κ1) is 15.7. The standard InChI is InChI=1S/C21H17NO2/c1-16(23)24-21-14-13-17-8-5-6-11-19(17)20(21)12-7-15-22-18-9-3-2-4-10-18/h2-15H,1H3/b12-7+,22-15?. The van der Waals surface area contributed by atoms with Gasteiger partial charge in [0.25, 0.3) is 0 Å². The van der Waals surface area contributed by atoms with Gasteiger partial charge in [-0.2, -0.15) is 0 Å². The molecule has 3 nitrogen and oxygen atoms in total. The van der Waals surface area contributed by atoms with Crippen LogP contribution < -0.4 is 4.74 Å². The fourth-order valence-corrected chi connectivity index (χ4v) is 2.47. The number of fused-ring (bicyclic) bond motifs is 1. The van der Waals surface area contributed by atoms with Crippen LogP contribution in [0.5, 0.6) is 5.75 Å². The predicted octanol–water partition coefficient (Wildman–Crippen LogP) is 5.18. The fourth-order valence-electron chi connectivity index (χ4n) is 2.47. The highest BCUT2D eigenvalue weighted by molar-refractivity contribution is 5.96. The van der Waals surface area contributed by atoms with E-state index in [4.69, 9.17) is 4.74 Å². The molecular formula is C21H17NO2. The van der Waals surface area contributed by atoms with Gasteiger partial charge < -0.3 is 4.74 Å². The van der Waals surface area contributed by atoms with Crippen LogP contribution in [-0.2, 0) is 4.79 Å². The molecule has 0 spiro atoms. The van der Waals surface area contributed by atoms with E-state index in [0.717, 1.165) is 22.0 Å². The van der Waals surface area contributed by atoms with Crippen LogP contribution in [0.2, 0.25) is 0 Å². The molecule has 0 amide bonds. The van der Waals surface area contributed by atoms with E-state index in [1.165, 1.54) is 6.92 Å². The summed E-state index contributed by atoms with van der Waals surface area (Å²) in [4.78, 5) is 15.7. The Kier molecular flexibility index (Phi) is 4.82. The summed E-state index contributed by atoms with van der Waals surface area (Å²) < 4.78 is 5.33. The number of carbonyl (C=O) groups is 1. The molecule has 0 N–H and O–H groups in total. The second-order valence-corrected chi connectivity index (χ2v) is 5.26. The third-order valence-electron chi connectivity index (χ3n) is 3.51. The first-order valence-electron chi connectivity index (χ1n) is 7.70.